The van der Waals surface area contributed by atoms with Crippen LogP contribution in [-0.2, 0) is 17.6 Å². The van der Waals surface area contributed by atoms with Gasteiger partial charge < -0.3 is 15.8 Å². The minimum absolute atomic E-state index is 0.0439. The maximum absolute atomic E-state index is 11.8. The van der Waals surface area contributed by atoms with E-state index in [0.29, 0.717) is 11.6 Å². The molecule has 3 N–H and O–H groups in total. The van der Waals surface area contributed by atoms with Gasteiger partial charge in [-0.05, 0) is 61.4 Å². The number of aromatic nitrogens is 1. The summed E-state index contributed by atoms with van der Waals surface area (Å²) >= 11 is 0. The summed E-state index contributed by atoms with van der Waals surface area (Å²) in [5.41, 5.74) is 8.68. The summed E-state index contributed by atoms with van der Waals surface area (Å²) in [6.45, 7) is 0. The lowest BCUT2D eigenvalue weighted by Crippen LogP contribution is -2.27. The highest BCUT2D eigenvalue weighted by Gasteiger charge is 2.29. The van der Waals surface area contributed by atoms with Gasteiger partial charge in [-0.2, -0.15) is 0 Å². The molecule has 1 amide bonds. The van der Waals surface area contributed by atoms with Gasteiger partial charge in [-0.25, -0.2) is 4.98 Å². The van der Waals surface area contributed by atoms with Crippen LogP contribution in [0.1, 0.15) is 30.4 Å². The van der Waals surface area contributed by atoms with Crippen LogP contribution in [0.15, 0.2) is 36.5 Å². The Morgan fingerprint density at radius 2 is 1.96 bits per heavy atom. The Balaban J connectivity index is 1.48. The minimum Gasteiger partial charge on any atom is -0.457 e. The van der Waals surface area contributed by atoms with Crippen LogP contribution in [0.5, 0.6) is 11.5 Å². The Labute approximate surface area is 141 Å². The van der Waals surface area contributed by atoms with E-state index in [1.54, 1.807) is 18.3 Å². The average Bonchev–Trinajstić information content (AvgIpc) is 3.40. The number of aryl methyl sites for hydroxylation is 1. The molecule has 2 aliphatic rings. The third-order valence-corrected chi connectivity index (χ3v) is 4.61. The topological polar surface area (TPSA) is 77.2 Å². The normalized spacial score (nSPS) is 19.5. The van der Waals surface area contributed by atoms with Crippen LogP contribution < -0.4 is 15.8 Å². The summed E-state index contributed by atoms with van der Waals surface area (Å²) < 4.78 is 5.95. The van der Waals surface area contributed by atoms with Crippen LogP contribution in [0.3, 0.4) is 0 Å². The molecule has 5 nitrogen and oxygen atoms in total. The first-order valence-corrected chi connectivity index (χ1v) is 8.49. The van der Waals surface area contributed by atoms with Crippen molar-refractivity contribution in [2.45, 2.75) is 38.1 Å². The molecule has 5 heteroatoms. The summed E-state index contributed by atoms with van der Waals surface area (Å²) in [7, 11) is 0. The van der Waals surface area contributed by atoms with Crippen molar-refractivity contribution in [3.05, 3.63) is 47.7 Å². The van der Waals surface area contributed by atoms with Gasteiger partial charge in [0.1, 0.15) is 17.3 Å². The average molecular weight is 323 g/mol. The van der Waals surface area contributed by atoms with Gasteiger partial charge in [-0.15, -0.1) is 0 Å². The Morgan fingerprint density at radius 1 is 1.12 bits per heavy atom. The Bertz CT molecular complexity index is 771. The lowest BCUT2D eigenvalue weighted by atomic mass is 9.89. The second-order valence-corrected chi connectivity index (χ2v) is 6.68. The Hall–Kier alpha value is -2.40. The first kappa shape index (κ1) is 15.1. The molecule has 4 rings (SSSR count). The molecule has 2 aromatic rings. The molecule has 0 saturated heterocycles. The molecular weight excluding hydrogens is 302 g/mol. The number of fused-ring (bicyclic) bond motifs is 1. The molecule has 1 atom stereocenters. The van der Waals surface area contributed by atoms with Gasteiger partial charge in [0.25, 0.3) is 0 Å². The smallest absolute Gasteiger partial charge is 0.228 e. The number of amides is 1. The fourth-order valence-electron chi connectivity index (χ4n) is 3.08. The van der Waals surface area contributed by atoms with E-state index in [-0.39, 0.29) is 17.9 Å². The molecule has 0 bridgehead atoms. The van der Waals surface area contributed by atoms with Gasteiger partial charge in [0.15, 0.2) is 0 Å². The van der Waals surface area contributed by atoms with E-state index in [9.17, 15) is 4.79 Å². The maximum Gasteiger partial charge on any atom is 0.228 e. The largest absolute Gasteiger partial charge is 0.457 e. The first-order valence-electron chi connectivity index (χ1n) is 8.49. The number of hydrogen-bond donors (Lipinski definition) is 2. The van der Waals surface area contributed by atoms with E-state index < -0.39 is 0 Å². The fraction of sp³-hybridized carbons (Fsp3) is 0.368. The van der Waals surface area contributed by atoms with E-state index in [2.05, 4.69) is 22.4 Å². The summed E-state index contributed by atoms with van der Waals surface area (Å²) in [6.07, 6.45) is 6.56. The molecule has 2 aliphatic carbocycles. The monoisotopic (exact) mass is 323 g/mol. The third-order valence-electron chi connectivity index (χ3n) is 4.61. The molecule has 1 saturated carbocycles. The van der Waals surface area contributed by atoms with Gasteiger partial charge in [-0.1, -0.05) is 6.07 Å². The molecule has 1 aromatic carbocycles. The number of rotatable bonds is 4. The standard InChI is InChI=1S/C19H21N3O2/c20-15-5-3-12-4-6-16(10-14(12)9-15)24-17-7-8-21-18(11-17)22-19(23)13-1-2-13/h4,6-8,10-11,13,15H,1-3,5,9,20H2,(H,21,22,23). The van der Waals surface area contributed by atoms with E-state index in [0.717, 1.165) is 37.9 Å². The molecule has 1 fully saturated rings. The van der Waals surface area contributed by atoms with Crippen molar-refractivity contribution in [1.29, 1.82) is 0 Å². The summed E-state index contributed by atoms with van der Waals surface area (Å²) in [5, 5.41) is 2.84. The third kappa shape index (κ3) is 3.41. The molecule has 124 valence electrons. The van der Waals surface area contributed by atoms with Gasteiger partial charge in [0, 0.05) is 24.2 Å². The number of benzene rings is 1. The summed E-state index contributed by atoms with van der Waals surface area (Å²) in [6, 6.07) is 9.95. The molecule has 0 aliphatic heterocycles. The van der Waals surface area contributed by atoms with E-state index in [1.807, 2.05) is 6.07 Å². The molecule has 1 aromatic heterocycles. The van der Waals surface area contributed by atoms with Crippen LogP contribution >= 0.6 is 0 Å². The van der Waals surface area contributed by atoms with Crippen molar-refractivity contribution >= 4 is 11.7 Å². The van der Waals surface area contributed by atoms with E-state index >= 15 is 0 Å². The number of nitrogens with two attached hydrogens (primary N) is 1. The highest BCUT2D eigenvalue weighted by molar-refractivity contribution is 5.93. The highest BCUT2D eigenvalue weighted by Crippen LogP contribution is 2.31. The molecule has 0 radical (unpaired) electrons. The van der Waals surface area contributed by atoms with Crippen molar-refractivity contribution in [1.82, 2.24) is 4.98 Å². The summed E-state index contributed by atoms with van der Waals surface area (Å²) in [5.74, 6) is 2.18. The number of nitrogens with one attached hydrogen (secondary N) is 1. The van der Waals surface area contributed by atoms with Crippen molar-refractivity contribution in [2.24, 2.45) is 11.7 Å². The number of ether oxygens (including phenoxy) is 1. The number of anilines is 1. The van der Waals surface area contributed by atoms with E-state index in [1.165, 1.54) is 11.1 Å². The van der Waals surface area contributed by atoms with Crippen molar-refractivity contribution in [3.8, 4) is 11.5 Å². The second-order valence-electron chi connectivity index (χ2n) is 6.68. The molecule has 1 unspecified atom stereocenters. The lowest BCUT2D eigenvalue weighted by molar-refractivity contribution is -0.117. The van der Waals surface area contributed by atoms with Crippen molar-refractivity contribution < 1.29 is 9.53 Å². The van der Waals surface area contributed by atoms with Gasteiger partial charge in [0.2, 0.25) is 5.91 Å². The van der Waals surface area contributed by atoms with Crippen LogP contribution in [0.4, 0.5) is 5.82 Å². The zero-order valence-electron chi connectivity index (χ0n) is 13.5. The Morgan fingerprint density at radius 3 is 2.79 bits per heavy atom. The zero-order valence-corrected chi connectivity index (χ0v) is 13.5. The van der Waals surface area contributed by atoms with Crippen LogP contribution in [-0.4, -0.2) is 16.9 Å². The predicted molar refractivity (Wildman–Crippen MR) is 92.1 cm³/mol. The number of carbonyl (C=O) groups is 1. The lowest BCUT2D eigenvalue weighted by Gasteiger charge is -2.22. The van der Waals surface area contributed by atoms with E-state index in [4.69, 9.17) is 10.5 Å². The first-order chi connectivity index (χ1) is 11.7. The molecule has 1 heterocycles. The SMILES string of the molecule is NC1CCc2ccc(Oc3ccnc(NC(=O)C4CC4)c3)cc2C1. The molecule has 0 spiro atoms. The number of carbonyl (C=O) groups excluding carboxylic acids is 1. The zero-order chi connectivity index (χ0) is 16.5. The molecule has 24 heavy (non-hydrogen) atoms. The predicted octanol–water partition coefficient (Wildman–Crippen LogP) is 3.04. The Kier molecular flexibility index (Phi) is 3.94. The highest BCUT2D eigenvalue weighted by atomic mass is 16.5. The van der Waals surface area contributed by atoms with Gasteiger partial charge in [0.05, 0.1) is 0 Å². The van der Waals surface area contributed by atoms with Crippen LogP contribution in [0.25, 0.3) is 0 Å². The second kappa shape index (κ2) is 6.24. The maximum atomic E-state index is 11.8. The summed E-state index contributed by atoms with van der Waals surface area (Å²) in [4.78, 5) is 16.0. The number of pyridine rings is 1. The van der Waals surface area contributed by atoms with Crippen molar-refractivity contribution in [3.63, 3.8) is 0 Å². The van der Waals surface area contributed by atoms with Gasteiger partial charge >= 0.3 is 0 Å². The minimum atomic E-state index is 0.0439. The fourth-order valence-corrected chi connectivity index (χ4v) is 3.08. The van der Waals surface area contributed by atoms with Crippen LogP contribution in [0, 0.1) is 5.92 Å². The van der Waals surface area contributed by atoms with Gasteiger partial charge in [-0.3, -0.25) is 4.79 Å². The number of nitrogens with zero attached hydrogens (tertiary/aromatic N) is 1. The van der Waals surface area contributed by atoms with Crippen molar-refractivity contribution in [2.75, 3.05) is 5.32 Å². The molecular formula is C19H21N3O2. The quantitative estimate of drug-likeness (QED) is 0.906. The number of hydrogen-bond acceptors (Lipinski definition) is 4. The van der Waals surface area contributed by atoms with Crippen LogP contribution in [0.2, 0.25) is 0 Å².